The zero-order chi connectivity index (χ0) is 58.6. The Morgan fingerprint density at radius 3 is 0.612 bits per heavy atom. The van der Waals surface area contributed by atoms with Gasteiger partial charge in [-0.1, -0.05) is 202 Å². The topological polar surface area (TPSA) is 22.2 Å². The van der Waals surface area contributed by atoms with Gasteiger partial charge in [-0.2, -0.15) is 0 Å². The van der Waals surface area contributed by atoms with Crippen LogP contribution in [0.5, 0.6) is 11.5 Å². The molecule has 0 aliphatic carbocycles. The van der Waals surface area contributed by atoms with Gasteiger partial charge in [0.2, 0.25) is 0 Å². The number of anilines is 12. The normalized spacial score (nSPS) is 11.1. The van der Waals surface area contributed by atoms with E-state index in [1.54, 1.807) is 0 Å². The zero-order valence-corrected chi connectivity index (χ0v) is 49.8. The van der Waals surface area contributed by atoms with Crippen LogP contribution in [0.4, 0.5) is 68.2 Å². The molecule has 0 radical (unpaired) electrons. The van der Waals surface area contributed by atoms with Gasteiger partial charge in [0.1, 0.15) is 11.5 Å². The minimum absolute atomic E-state index is 0.684. The molecule has 0 heterocycles. The summed E-state index contributed by atoms with van der Waals surface area (Å²) >= 11 is 0. The van der Waals surface area contributed by atoms with E-state index in [0.29, 0.717) is 11.5 Å². The molecule has 12 rings (SSSR count). The van der Waals surface area contributed by atoms with Gasteiger partial charge in [-0.05, 0) is 188 Å². The van der Waals surface area contributed by atoms with Crippen LogP contribution in [0, 0.1) is 55.4 Å². The molecule has 0 saturated heterocycles. The van der Waals surface area contributed by atoms with Gasteiger partial charge in [0, 0.05) is 45.5 Å². The highest BCUT2D eigenvalue weighted by Gasteiger charge is 2.32. The van der Waals surface area contributed by atoms with Gasteiger partial charge in [-0.3, -0.25) is 0 Å². The molecule has 0 atom stereocenters. The fourth-order valence-corrected chi connectivity index (χ4v) is 11.2. The standard InChI is InChI=1S/C80H70N4O/c1-55-19-35-65(36-20-55)81(66-37-21-56(2)22-38-66)73-51-53-75(77(63-15-11-9-12-16-63)79(73)83(69-43-27-59(5)28-44-69)70-45-29-60(6)30-46-70)85-76-54-52-74(82(67-39-23-57(3)24-40-67)68-41-25-58(4)26-42-68)80(78(76)64-17-13-10-14-18-64)84(71-47-31-61(7)32-48-71)72-49-33-62(8)34-50-72/h9-54H,1-8H3. The first kappa shape index (κ1) is 55.2. The Hall–Kier alpha value is -10.4. The quantitative estimate of drug-likeness (QED) is 0.0959. The smallest absolute Gasteiger partial charge is 0.137 e. The van der Waals surface area contributed by atoms with Crippen molar-refractivity contribution in [2.24, 2.45) is 0 Å². The molecule has 0 spiro atoms. The summed E-state index contributed by atoms with van der Waals surface area (Å²) in [6.07, 6.45) is 0. The van der Waals surface area contributed by atoms with E-state index in [2.05, 4.69) is 354 Å². The maximum atomic E-state index is 8.02. The average Bonchev–Trinajstić information content (AvgIpc) is 2.18. The van der Waals surface area contributed by atoms with Crippen molar-refractivity contribution in [2.45, 2.75) is 55.4 Å². The van der Waals surface area contributed by atoms with Crippen LogP contribution in [0.25, 0.3) is 22.3 Å². The second-order valence-electron chi connectivity index (χ2n) is 22.5. The summed E-state index contributed by atoms with van der Waals surface area (Å²) in [7, 11) is 0. The fraction of sp³-hybridized carbons (Fsp3) is 0.100. The summed E-state index contributed by atoms with van der Waals surface area (Å²) in [6, 6.07) is 101. The molecule has 0 N–H and O–H groups in total. The largest absolute Gasteiger partial charge is 0.456 e. The zero-order valence-electron chi connectivity index (χ0n) is 49.8. The summed E-state index contributed by atoms with van der Waals surface area (Å²) in [4.78, 5) is 9.63. The number of hydrogen-bond donors (Lipinski definition) is 0. The monoisotopic (exact) mass is 1100 g/mol. The molecule has 5 heteroatoms. The van der Waals surface area contributed by atoms with E-state index in [4.69, 9.17) is 4.74 Å². The molecule has 416 valence electrons. The Balaban J connectivity index is 1.22. The van der Waals surface area contributed by atoms with E-state index >= 15 is 0 Å². The molecule has 0 bridgehead atoms. The SMILES string of the molecule is Cc1ccc(N(c2ccc(C)cc2)c2ccc(Oc3ccc(N(c4ccc(C)cc4)c4ccc(C)cc4)c(N(c4ccc(C)cc4)c4ccc(C)cc4)c3-c3ccccc3)c(-c3ccccc3)c2N(c2ccc(C)cc2)c2ccc(C)cc2)cc1. The summed E-state index contributed by atoms with van der Waals surface area (Å²) in [5, 5.41) is 0. The molecule has 0 fully saturated rings. The molecule has 12 aromatic carbocycles. The Morgan fingerprint density at radius 1 is 0.200 bits per heavy atom. The minimum Gasteiger partial charge on any atom is -0.456 e. The van der Waals surface area contributed by atoms with Crippen LogP contribution in [0.2, 0.25) is 0 Å². The van der Waals surface area contributed by atoms with Gasteiger partial charge in [-0.15, -0.1) is 0 Å². The molecule has 85 heavy (non-hydrogen) atoms. The van der Waals surface area contributed by atoms with Gasteiger partial charge < -0.3 is 24.3 Å². The summed E-state index contributed by atoms with van der Waals surface area (Å²) in [5.41, 5.74) is 25.3. The van der Waals surface area contributed by atoms with E-state index in [1.165, 1.54) is 44.5 Å². The fourth-order valence-electron chi connectivity index (χ4n) is 11.2. The Bertz CT molecular complexity index is 3760. The van der Waals surface area contributed by atoms with Crippen molar-refractivity contribution in [3.8, 4) is 33.8 Å². The van der Waals surface area contributed by atoms with Crippen molar-refractivity contribution >= 4 is 68.2 Å². The van der Waals surface area contributed by atoms with Crippen molar-refractivity contribution < 1.29 is 4.74 Å². The van der Waals surface area contributed by atoms with Crippen LogP contribution in [0.1, 0.15) is 44.5 Å². The van der Waals surface area contributed by atoms with Crippen molar-refractivity contribution in [3.63, 3.8) is 0 Å². The summed E-state index contributed by atoms with van der Waals surface area (Å²) in [5.74, 6) is 1.37. The molecule has 0 aliphatic rings. The lowest BCUT2D eigenvalue weighted by molar-refractivity contribution is 0.486. The van der Waals surface area contributed by atoms with Crippen LogP contribution in [0.3, 0.4) is 0 Å². The van der Waals surface area contributed by atoms with Gasteiger partial charge in [-0.25, -0.2) is 0 Å². The maximum absolute atomic E-state index is 8.02. The van der Waals surface area contributed by atoms with Crippen LogP contribution >= 0.6 is 0 Å². The maximum Gasteiger partial charge on any atom is 0.137 e. The first-order valence-electron chi connectivity index (χ1n) is 29.3. The molecule has 0 aromatic heterocycles. The highest BCUT2D eigenvalue weighted by Crippen LogP contribution is 2.58. The van der Waals surface area contributed by atoms with Gasteiger partial charge >= 0.3 is 0 Å². The number of benzene rings is 12. The van der Waals surface area contributed by atoms with E-state index in [1.807, 2.05) is 0 Å². The van der Waals surface area contributed by atoms with Gasteiger partial charge in [0.15, 0.2) is 0 Å². The van der Waals surface area contributed by atoms with E-state index in [0.717, 1.165) is 90.5 Å². The second kappa shape index (κ2) is 24.2. The molecule has 5 nitrogen and oxygen atoms in total. The third kappa shape index (κ3) is 11.7. The lowest BCUT2D eigenvalue weighted by Crippen LogP contribution is -2.19. The van der Waals surface area contributed by atoms with Crippen molar-refractivity contribution in [1.82, 2.24) is 0 Å². The third-order valence-corrected chi connectivity index (χ3v) is 15.8. The Kier molecular flexibility index (Phi) is 15.7. The van der Waals surface area contributed by atoms with Crippen molar-refractivity contribution in [2.75, 3.05) is 19.6 Å². The highest BCUT2D eigenvalue weighted by atomic mass is 16.5. The second-order valence-corrected chi connectivity index (χ2v) is 22.5. The number of hydrogen-bond acceptors (Lipinski definition) is 5. The van der Waals surface area contributed by atoms with Crippen molar-refractivity contribution in [3.05, 3.63) is 324 Å². The Labute approximate surface area is 502 Å². The first-order valence-corrected chi connectivity index (χ1v) is 29.3. The minimum atomic E-state index is 0.684. The summed E-state index contributed by atoms with van der Waals surface area (Å²) in [6.45, 7) is 17.2. The van der Waals surface area contributed by atoms with Crippen LogP contribution < -0.4 is 24.3 Å². The van der Waals surface area contributed by atoms with E-state index in [9.17, 15) is 0 Å². The van der Waals surface area contributed by atoms with Crippen LogP contribution in [-0.2, 0) is 0 Å². The van der Waals surface area contributed by atoms with E-state index < -0.39 is 0 Å². The molecule has 0 aliphatic heterocycles. The molecular weight excluding hydrogens is 1030 g/mol. The highest BCUT2D eigenvalue weighted by molar-refractivity contribution is 6.04. The summed E-state index contributed by atoms with van der Waals surface area (Å²) < 4.78 is 8.02. The Morgan fingerprint density at radius 2 is 0.400 bits per heavy atom. The van der Waals surface area contributed by atoms with Crippen LogP contribution in [0.15, 0.2) is 279 Å². The van der Waals surface area contributed by atoms with E-state index in [-0.39, 0.29) is 0 Å². The van der Waals surface area contributed by atoms with Gasteiger partial charge in [0.05, 0.1) is 33.9 Å². The number of ether oxygens (including phenoxy) is 1. The lowest BCUT2D eigenvalue weighted by atomic mass is 9.96. The number of rotatable bonds is 16. The predicted octanol–water partition coefficient (Wildman–Crippen LogP) is 23.2. The first-order chi connectivity index (χ1) is 41.4. The van der Waals surface area contributed by atoms with Gasteiger partial charge in [0.25, 0.3) is 0 Å². The van der Waals surface area contributed by atoms with Crippen molar-refractivity contribution in [1.29, 1.82) is 0 Å². The molecular formula is C80H70N4O. The third-order valence-electron chi connectivity index (χ3n) is 15.8. The average molecular weight is 1100 g/mol. The lowest BCUT2D eigenvalue weighted by Gasteiger charge is -2.36. The molecule has 12 aromatic rings. The molecule has 0 amide bonds. The van der Waals surface area contributed by atoms with Crippen LogP contribution in [-0.4, -0.2) is 0 Å². The molecule has 0 saturated carbocycles. The predicted molar refractivity (Wildman–Crippen MR) is 360 cm³/mol. The molecule has 0 unspecified atom stereocenters. The number of aryl methyl sites for hydroxylation is 8. The number of nitrogens with zero attached hydrogens (tertiary/aromatic N) is 4.